The Morgan fingerprint density at radius 2 is 2.38 bits per heavy atom. The van der Waals surface area contributed by atoms with Gasteiger partial charge in [-0.3, -0.25) is 5.10 Å². The predicted octanol–water partition coefficient (Wildman–Crippen LogP) is 2.70. The first-order valence-corrected chi connectivity index (χ1v) is 6.21. The zero-order valence-electron chi connectivity index (χ0n) is 9.03. The van der Waals surface area contributed by atoms with Gasteiger partial charge in [0.05, 0.1) is 6.20 Å². The van der Waals surface area contributed by atoms with E-state index in [1.807, 2.05) is 11.8 Å². The molecule has 3 N–H and O–H groups in total. The van der Waals surface area contributed by atoms with Gasteiger partial charge in [0.25, 0.3) is 0 Å². The number of hydrogen-bond donors (Lipinski definition) is 2. The smallest absolute Gasteiger partial charge is 0.126 e. The summed E-state index contributed by atoms with van der Waals surface area (Å²) < 4.78 is 0. The predicted molar refractivity (Wildman–Crippen MR) is 67.5 cm³/mol. The summed E-state index contributed by atoms with van der Waals surface area (Å²) in [6, 6.07) is 6.54. The second-order valence-corrected chi connectivity index (χ2v) is 5.63. The molecule has 1 aromatic heterocycles. The van der Waals surface area contributed by atoms with E-state index in [1.54, 1.807) is 6.20 Å². The molecule has 16 heavy (non-hydrogen) atoms. The Bertz CT molecular complexity index is 533. The van der Waals surface area contributed by atoms with Gasteiger partial charge in [0.2, 0.25) is 0 Å². The quantitative estimate of drug-likeness (QED) is 0.793. The normalized spacial score (nSPS) is 18.7. The fourth-order valence-electron chi connectivity index (χ4n) is 2.09. The number of nitrogens with zero attached hydrogens (tertiary/aromatic N) is 1. The Morgan fingerprint density at radius 3 is 3.12 bits per heavy atom. The van der Waals surface area contributed by atoms with Crippen LogP contribution in [0.1, 0.15) is 12.5 Å². The summed E-state index contributed by atoms with van der Waals surface area (Å²) in [5, 5.41) is 7.40. The van der Waals surface area contributed by atoms with Crippen LogP contribution in [0.3, 0.4) is 0 Å². The maximum atomic E-state index is 5.82. The number of H-pyrrole nitrogens is 1. The van der Waals surface area contributed by atoms with Crippen LogP contribution in [-0.4, -0.2) is 15.4 Å². The summed E-state index contributed by atoms with van der Waals surface area (Å²) in [4.78, 5) is 1.38. The van der Waals surface area contributed by atoms with Crippen molar-refractivity contribution in [3.05, 3.63) is 30.0 Å². The van der Waals surface area contributed by atoms with Crippen LogP contribution < -0.4 is 5.73 Å². The van der Waals surface area contributed by atoms with Crippen molar-refractivity contribution in [3.63, 3.8) is 0 Å². The van der Waals surface area contributed by atoms with Crippen molar-refractivity contribution in [3.8, 4) is 11.1 Å². The fourth-order valence-corrected chi connectivity index (χ4v) is 3.29. The van der Waals surface area contributed by atoms with E-state index in [2.05, 4.69) is 35.3 Å². The number of thioether (sulfide) groups is 1. The molecule has 82 valence electrons. The monoisotopic (exact) mass is 231 g/mol. The van der Waals surface area contributed by atoms with Crippen molar-refractivity contribution in [1.82, 2.24) is 10.2 Å². The maximum Gasteiger partial charge on any atom is 0.126 e. The number of nitrogen functional groups attached to an aromatic ring is 1. The molecule has 0 amide bonds. The van der Waals surface area contributed by atoms with E-state index in [-0.39, 0.29) is 0 Å². The Kier molecular flexibility index (Phi) is 2.17. The topological polar surface area (TPSA) is 54.7 Å². The third kappa shape index (κ3) is 1.50. The molecule has 3 nitrogen and oxygen atoms in total. The second-order valence-electron chi connectivity index (χ2n) is 4.15. The van der Waals surface area contributed by atoms with Crippen LogP contribution in [-0.2, 0) is 6.42 Å². The van der Waals surface area contributed by atoms with Crippen LogP contribution >= 0.6 is 11.8 Å². The number of nitrogens with two attached hydrogens (primary N) is 1. The Labute approximate surface area is 98.4 Å². The SMILES string of the molecule is CC1Cc2ccc(-c3cn[nH]c3N)cc2S1. The highest BCUT2D eigenvalue weighted by Crippen LogP contribution is 2.39. The van der Waals surface area contributed by atoms with Gasteiger partial charge in [0.1, 0.15) is 5.82 Å². The number of anilines is 1. The van der Waals surface area contributed by atoms with E-state index >= 15 is 0 Å². The summed E-state index contributed by atoms with van der Waals surface area (Å²) in [5.74, 6) is 0.635. The minimum absolute atomic E-state index is 0.635. The highest BCUT2D eigenvalue weighted by Gasteiger charge is 2.19. The average Bonchev–Trinajstić information content (AvgIpc) is 2.81. The molecule has 2 aromatic rings. The first kappa shape index (κ1) is 9.78. The molecule has 0 spiro atoms. The van der Waals surface area contributed by atoms with Crippen molar-refractivity contribution in [1.29, 1.82) is 0 Å². The summed E-state index contributed by atoms with van der Waals surface area (Å²) in [6.45, 7) is 2.26. The number of hydrogen-bond acceptors (Lipinski definition) is 3. The lowest BCUT2D eigenvalue weighted by Gasteiger charge is -2.02. The lowest BCUT2D eigenvalue weighted by Crippen LogP contribution is -1.91. The van der Waals surface area contributed by atoms with E-state index in [9.17, 15) is 0 Å². The van der Waals surface area contributed by atoms with Crippen molar-refractivity contribution in [2.24, 2.45) is 0 Å². The first-order chi connectivity index (χ1) is 7.74. The van der Waals surface area contributed by atoms with E-state index in [0.717, 1.165) is 11.1 Å². The molecule has 0 saturated heterocycles. The fraction of sp³-hybridized carbons (Fsp3) is 0.250. The number of benzene rings is 1. The molecule has 0 bridgehead atoms. The molecule has 0 saturated carbocycles. The summed E-state index contributed by atoms with van der Waals surface area (Å²) >= 11 is 1.94. The minimum Gasteiger partial charge on any atom is -0.384 e. The lowest BCUT2D eigenvalue weighted by atomic mass is 10.0. The number of aromatic nitrogens is 2. The molecule has 3 rings (SSSR count). The van der Waals surface area contributed by atoms with E-state index in [4.69, 9.17) is 5.73 Å². The van der Waals surface area contributed by atoms with Gasteiger partial charge in [-0.2, -0.15) is 5.10 Å². The molecule has 0 radical (unpaired) electrons. The molecule has 2 heterocycles. The van der Waals surface area contributed by atoms with Crippen LogP contribution in [0.4, 0.5) is 5.82 Å². The van der Waals surface area contributed by atoms with Gasteiger partial charge in [0.15, 0.2) is 0 Å². The second kappa shape index (κ2) is 3.56. The van der Waals surface area contributed by atoms with Crippen molar-refractivity contribution < 1.29 is 0 Å². The molecule has 4 heteroatoms. The minimum atomic E-state index is 0.635. The molecule has 1 atom stereocenters. The number of fused-ring (bicyclic) bond motifs is 1. The summed E-state index contributed by atoms with van der Waals surface area (Å²) in [6.07, 6.45) is 2.95. The Morgan fingerprint density at radius 1 is 1.50 bits per heavy atom. The number of rotatable bonds is 1. The zero-order chi connectivity index (χ0) is 11.1. The molecular weight excluding hydrogens is 218 g/mol. The molecular formula is C12H13N3S. The van der Waals surface area contributed by atoms with E-state index < -0.39 is 0 Å². The molecule has 1 aliphatic rings. The number of aromatic amines is 1. The maximum absolute atomic E-state index is 5.82. The Balaban J connectivity index is 2.06. The van der Waals surface area contributed by atoms with Crippen molar-refractivity contribution in [2.75, 3.05) is 5.73 Å². The molecule has 0 fully saturated rings. The first-order valence-electron chi connectivity index (χ1n) is 5.33. The van der Waals surface area contributed by atoms with Gasteiger partial charge in [-0.05, 0) is 23.6 Å². The van der Waals surface area contributed by atoms with E-state index in [1.165, 1.54) is 16.9 Å². The van der Waals surface area contributed by atoms with Crippen LogP contribution in [0.15, 0.2) is 29.3 Å². The van der Waals surface area contributed by atoms with Crippen LogP contribution in [0.25, 0.3) is 11.1 Å². The molecule has 0 aliphatic carbocycles. The van der Waals surface area contributed by atoms with Crippen LogP contribution in [0.5, 0.6) is 0 Å². The molecule has 1 aromatic carbocycles. The van der Waals surface area contributed by atoms with Crippen molar-refractivity contribution >= 4 is 17.6 Å². The highest BCUT2D eigenvalue weighted by molar-refractivity contribution is 8.00. The zero-order valence-corrected chi connectivity index (χ0v) is 9.84. The summed E-state index contributed by atoms with van der Waals surface area (Å²) in [7, 11) is 0. The standard InChI is InChI=1S/C12H13N3S/c1-7-4-9-3-2-8(5-11(9)16-7)10-6-14-15-12(10)13/h2-3,5-7H,4H2,1H3,(H3,13,14,15). The van der Waals surface area contributed by atoms with Crippen molar-refractivity contribution in [2.45, 2.75) is 23.5 Å². The van der Waals surface area contributed by atoms with Gasteiger partial charge in [0, 0.05) is 15.7 Å². The summed E-state index contributed by atoms with van der Waals surface area (Å²) in [5.41, 5.74) is 9.40. The van der Waals surface area contributed by atoms with E-state index in [0.29, 0.717) is 11.1 Å². The van der Waals surface area contributed by atoms with Gasteiger partial charge in [-0.25, -0.2) is 0 Å². The third-order valence-electron chi connectivity index (χ3n) is 2.88. The van der Waals surface area contributed by atoms with Gasteiger partial charge in [-0.15, -0.1) is 11.8 Å². The third-order valence-corrected chi connectivity index (χ3v) is 4.09. The number of nitrogens with one attached hydrogen (secondary N) is 1. The van der Waals surface area contributed by atoms with Gasteiger partial charge in [-0.1, -0.05) is 19.1 Å². The lowest BCUT2D eigenvalue weighted by molar-refractivity contribution is 0.960. The Hall–Kier alpha value is -1.42. The van der Waals surface area contributed by atoms with Gasteiger partial charge >= 0.3 is 0 Å². The van der Waals surface area contributed by atoms with Crippen LogP contribution in [0.2, 0.25) is 0 Å². The molecule has 1 unspecified atom stereocenters. The average molecular weight is 231 g/mol. The van der Waals surface area contributed by atoms with Gasteiger partial charge < -0.3 is 5.73 Å². The van der Waals surface area contributed by atoms with Crippen LogP contribution in [0, 0.1) is 0 Å². The highest BCUT2D eigenvalue weighted by atomic mass is 32.2. The molecule has 1 aliphatic heterocycles. The largest absolute Gasteiger partial charge is 0.384 e.